The van der Waals surface area contributed by atoms with E-state index in [2.05, 4.69) is 26.8 Å². The van der Waals surface area contributed by atoms with Crippen molar-refractivity contribution in [2.75, 3.05) is 0 Å². The summed E-state index contributed by atoms with van der Waals surface area (Å²) < 4.78 is 18.6. The molecule has 3 heterocycles. The predicted molar refractivity (Wildman–Crippen MR) is 66.6 cm³/mol. The molecule has 100 valence electrons. The topological polar surface area (TPSA) is 27.7 Å². The maximum Gasteiger partial charge on any atom is 0.225 e. The van der Waals surface area contributed by atoms with E-state index in [-0.39, 0.29) is 22.7 Å². The molecule has 1 spiro atoms. The average Bonchev–Trinajstić information content (AvgIpc) is 2.76. The standard InChI is InChI=1S/C15H22O3/c1-12(2,3)15-13-6-4-5-7-14(13,8-9-16-15)17-11(10-13)18-15/h8-9,11H,4-7,10H2,1-3H3/t11?,13-,14-,15-/m1/s1. The third-order valence-corrected chi connectivity index (χ3v) is 5.55. The van der Waals surface area contributed by atoms with Gasteiger partial charge in [-0.1, -0.05) is 33.6 Å². The largest absolute Gasteiger partial charge is 0.469 e. The highest BCUT2D eigenvalue weighted by molar-refractivity contribution is 5.28. The van der Waals surface area contributed by atoms with Gasteiger partial charge in [0.05, 0.1) is 11.7 Å². The Morgan fingerprint density at radius 1 is 1.11 bits per heavy atom. The van der Waals surface area contributed by atoms with Crippen LogP contribution in [0.1, 0.15) is 52.9 Å². The smallest absolute Gasteiger partial charge is 0.225 e. The molecule has 1 saturated carbocycles. The maximum atomic E-state index is 6.24. The van der Waals surface area contributed by atoms with Crippen LogP contribution >= 0.6 is 0 Å². The number of ether oxygens (including phenoxy) is 3. The highest BCUT2D eigenvalue weighted by Crippen LogP contribution is 2.72. The van der Waals surface area contributed by atoms with E-state index >= 15 is 0 Å². The van der Waals surface area contributed by atoms with Gasteiger partial charge < -0.3 is 14.2 Å². The lowest BCUT2D eigenvalue weighted by Crippen LogP contribution is -2.69. The van der Waals surface area contributed by atoms with Gasteiger partial charge in [0.15, 0.2) is 6.29 Å². The number of hydrogen-bond acceptors (Lipinski definition) is 3. The van der Waals surface area contributed by atoms with Crippen LogP contribution in [0.3, 0.4) is 0 Å². The summed E-state index contributed by atoms with van der Waals surface area (Å²) in [4.78, 5) is 0. The van der Waals surface area contributed by atoms with E-state index in [0.717, 1.165) is 19.3 Å². The van der Waals surface area contributed by atoms with Crippen LogP contribution in [0.15, 0.2) is 12.3 Å². The lowest BCUT2D eigenvalue weighted by Gasteiger charge is -2.61. The van der Waals surface area contributed by atoms with Crippen LogP contribution in [0.4, 0.5) is 0 Å². The Morgan fingerprint density at radius 3 is 2.67 bits per heavy atom. The SMILES string of the molecule is CC(C)(C)[C@]12OC=C[C@]34CCCC[C@]13CC(O2)O4. The second-order valence-electron chi connectivity index (χ2n) is 7.34. The number of hydrogen-bond donors (Lipinski definition) is 0. The number of rotatable bonds is 0. The molecule has 4 rings (SSSR count). The third-order valence-electron chi connectivity index (χ3n) is 5.55. The molecule has 1 aliphatic carbocycles. The Hall–Kier alpha value is -0.540. The molecule has 3 nitrogen and oxygen atoms in total. The van der Waals surface area contributed by atoms with Crippen LogP contribution in [0.25, 0.3) is 0 Å². The summed E-state index contributed by atoms with van der Waals surface area (Å²) >= 11 is 0. The third kappa shape index (κ3) is 0.946. The first-order valence-corrected chi connectivity index (χ1v) is 7.16. The van der Waals surface area contributed by atoms with Crippen molar-refractivity contribution < 1.29 is 14.2 Å². The first-order chi connectivity index (χ1) is 8.45. The van der Waals surface area contributed by atoms with E-state index < -0.39 is 5.79 Å². The maximum absolute atomic E-state index is 6.24. The van der Waals surface area contributed by atoms with Crippen LogP contribution in [-0.4, -0.2) is 17.7 Å². The van der Waals surface area contributed by atoms with E-state index in [4.69, 9.17) is 14.2 Å². The monoisotopic (exact) mass is 250 g/mol. The van der Waals surface area contributed by atoms with Gasteiger partial charge in [-0.2, -0.15) is 0 Å². The Balaban J connectivity index is 1.95. The second kappa shape index (κ2) is 2.96. The summed E-state index contributed by atoms with van der Waals surface area (Å²) in [6.45, 7) is 6.67. The minimum Gasteiger partial charge on any atom is -0.469 e. The molecule has 3 aliphatic heterocycles. The minimum absolute atomic E-state index is 0.0237. The summed E-state index contributed by atoms with van der Waals surface area (Å²) in [7, 11) is 0. The van der Waals surface area contributed by atoms with Gasteiger partial charge in [0.25, 0.3) is 0 Å². The molecule has 0 aromatic rings. The van der Waals surface area contributed by atoms with Gasteiger partial charge in [-0.25, -0.2) is 0 Å². The Morgan fingerprint density at radius 2 is 1.89 bits per heavy atom. The Kier molecular flexibility index (Phi) is 1.86. The van der Waals surface area contributed by atoms with Crippen molar-refractivity contribution in [1.82, 2.24) is 0 Å². The van der Waals surface area contributed by atoms with E-state index in [9.17, 15) is 0 Å². The highest BCUT2D eigenvalue weighted by Gasteiger charge is 2.80. The zero-order valence-electron chi connectivity index (χ0n) is 11.5. The molecular weight excluding hydrogens is 228 g/mol. The summed E-state index contributed by atoms with van der Waals surface area (Å²) in [5.74, 6) is -0.502. The van der Waals surface area contributed by atoms with Gasteiger partial charge in [-0.15, -0.1) is 0 Å². The quantitative estimate of drug-likeness (QED) is 0.660. The second-order valence-corrected chi connectivity index (χ2v) is 7.34. The minimum atomic E-state index is -0.502. The van der Waals surface area contributed by atoms with Crippen LogP contribution in [0.2, 0.25) is 0 Å². The van der Waals surface area contributed by atoms with Crippen LogP contribution < -0.4 is 0 Å². The van der Waals surface area contributed by atoms with E-state index in [1.807, 2.05) is 6.26 Å². The van der Waals surface area contributed by atoms with Crippen molar-refractivity contribution >= 4 is 0 Å². The van der Waals surface area contributed by atoms with Gasteiger partial charge in [0, 0.05) is 11.8 Å². The lowest BCUT2D eigenvalue weighted by atomic mass is 9.53. The molecule has 18 heavy (non-hydrogen) atoms. The molecule has 0 radical (unpaired) electrons. The molecule has 4 atom stereocenters. The number of fused-ring (bicyclic) bond motifs is 1. The van der Waals surface area contributed by atoms with Gasteiger partial charge in [0.1, 0.15) is 5.60 Å². The molecule has 4 aliphatic rings. The van der Waals surface area contributed by atoms with E-state index in [0.29, 0.717) is 0 Å². The van der Waals surface area contributed by atoms with Gasteiger partial charge in [0.2, 0.25) is 5.79 Å². The molecule has 2 bridgehead atoms. The fourth-order valence-electron chi connectivity index (χ4n) is 4.95. The molecule has 0 N–H and O–H groups in total. The average molecular weight is 250 g/mol. The van der Waals surface area contributed by atoms with Crippen molar-refractivity contribution in [3.63, 3.8) is 0 Å². The Bertz CT molecular complexity index is 424. The first kappa shape index (κ1) is 11.3. The fourth-order valence-corrected chi connectivity index (χ4v) is 4.95. The van der Waals surface area contributed by atoms with Crippen molar-refractivity contribution in [1.29, 1.82) is 0 Å². The van der Waals surface area contributed by atoms with Gasteiger partial charge in [-0.05, 0) is 18.9 Å². The molecule has 0 amide bonds. The fraction of sp³-hybridized carbons (Fsp3) is 0.867. The normalized spacial score (nSPS) is 53.2. The zero-order valence-corrected chi connectivity index (χ0v) is 11.5. The van der Waals surface area contributed by atoms with Gasteiger partial charge in [-0.3, -0.25) is 0 Å². The van der Waals surface area contributed by atoms with Gasteiger partial charge >= 0.3 is 0 Å². The molecule has 3 heteroatoms. The summed E-state index contributed by atoms with van der Waals surface area (Å²) in [6.07, 6.45) is 9.70. The van der Waals surface area contributed by atoms with Crippen LogP contribution in [0.5, 0.6) is 0 Å². The molecule has 3 fully saturated rings. The predicted octanol–water partition coefficient (Wildman–Crippen LogP) is 3.35. The Labute approximate surface area is 108 Å². The molecule has 0 aromatic carbocycles. The van der Waals surface area contributed by atoms with E-state index in [1.165, 1.54) is 12.8 Å². The zero-order chi connectivity index (χ0) is 12.6. The summed E-state index contributed by atoms with van der Waals surface area (Å²) in [6, 6.07) is 0. The summed E-state index contributed by atoms with van der Waals surface area (Å²) in [5, 5.41) is 0. The van der Waals surface area contributed by atoms with Crippen molar-refractivity contribution in [2.24, 2.45) is 10.8 Å². The van der Waals surface area contributed by atoms with Crippen LogP contribution in [0, 0.1) is 10.8 Å². The van der Waals surface area contributed by atoms with Crippen molar-refractivity contribution in [3.05, 3.63) is 12.3 Å². The van der Waals surface area contributed by atoms with Crippen molar-refractivity contribution in [3.8, 4) is 0 Å². The van der Waals surface area contributed by atoms with E-state index in [1.54, 1.807) is 0 Å². The first-order valence-electron chi connectivity index (χ1n) is 7.16. The summed E-state index contributed by atoms with van der Waals surface area (Å²) in [5.41, 5.74) is -0.144. The van der Waals surface area contributed by atoms with Crippen LogP contribution in [-0.2, 0) is 14.2 Å². The highest BCUT2D eigenvalue weighted by atomic mass is 16.8. The van der Waals surface area contributed by atoms with Crippen molar-refractivity contribution in [2.45, 2.75) is 70.6 Å². The molecule has 2 saturated heterocycles. The lowest BCUT2D eigenvalue weighted by molar-refractivity contribution is -0.406. The molecule has 0 aromatic heterocycles. The molecule has 1 unspecified atom stereocenters. The molecular formula is C15H22O3.